The Morgan fingerprint density at radius 2 is 2.10 bits per heavy atom. The SMILES string of the molecule is Cc1cc(N2CCCOC[C@@H]2c2cc(NC(=O)C(F)(F)F)ccc2Cl)nc(N)n1. The van der Waals surface area contributed by atoms with E-state index in [0.717, 1.165) is 0 Å². The topological polar surface area (TPSA) is 93.4 Å². The fourth-order valence-corrected chi connectivity index (χ4v) is 3.35. The Labute approximate surface area is 170 Å². The molecule has 29 heavy (non-hydrogen) atoms. The van der Waals surface area contributed by atoms with Crippen molar-refractivity contribution < 1.29 is 22.7 Å². The molecule has 156 valence electrons. The molecule has 1 atom stereocenters. The van der Waals surface area contributed by atoms with E-state index in [1.807, 2.05) is 10.2 Å². The van der Waals surface area contributed by atoms with Crippen LogP contribution in [0.15, 0.2) is 24.3 Å². The summed E-state index contributed by atoms with van der Waals surface area (Å²) in [6.07, 6.45) is -4.28. The van der Waals surface area contributed by atoms with E-state index < -0.39 is 18.1 Å². The number of amides is 1. The van der Waals surface area contributed by atoms with E-state index in [2.05, 4.69) is 9.97 Å². The summed E-state index contributed by atoms with van der Waals surface area (Å²) in [5, 5.41) is 2.18. The van der Waals surface area contributed by atoms with Crippen molar-refractivity contribution in [3.63, 3.8) is 0 Å². The van der Waals surface area contributed by atoms with E-state index in [-0.39, 0.29) is 18.2 Å². The quantitative estimate of drug-likeness (QED) is 0.775. The van der Waals surface area contributed by atoms with Gasteiger partial charge >= 0.3 is 12.1 Å². The fraction of sp³-hybridized carbons (Fsp3) is 0.389. The number of nitrogen functional groups attached to an aromatic ring is 1. The number of halogens is 4. The highest BCUT2D eigenvalue weighted by Crippen LogP contribution is 2.35. The Morgan fingerprint density at radius 3 is 2.79 bits per heavy atom. The fourth-order valence-electron chi connectivity index (χ4n) is 3.11. The lowest BCUT2D eigenvalue weighted by molar-refractivity contribution is -0.167. The number of benzene rings is 1. The van der Waals surface area contributed by atoms with Crippen LogP contribution in [0, 0.1) is 6.92 Å². The number of nitrogens with one attached hydrogen (secondary N) is 1. The van der Waals surface area contributed by atoms with Gasteiger partial charge in [-0.25, -0.2) is 4.98 Å². The van der Waals surface area contributed by atoms with Crippen molar-refractivity contribution in [2.24, 2.45) is 0 Å². The first-order chi connectivity index (χ1) is 13.6. The van der Waals surface area contributed by atoms with Gasteiger partial charge in [0.15, 0.2) is 0 Å². The van der Waals surface area contributed by atoms with E-state index in [9.17, 15) is 18.0 Å². The number of ether oxygens (including phenoxy) is 1. The lowest BCUT2D eigenvalue weighted by atomic mass is 10.0. The lowest BCUT2D eigenvalue weighted by Crippen LogP contribution is -2.32. The van der Waals surface area contributed by atoms with Gasteiger partial charge in [-0.1, -0.05) is 11.6 Å². The number of alkyl halides is 3. The number of nitrogens with two attached hydrogens (primary N) is 1. The highest BCUT2D eigenvalue weighted by atomic mass is 35.5. The van der Waals surface area contributed by atoms with E-state index in [0.29, 0.717) is 41.7 Å². The van der Waals surface area contributed by atoms with Crippen molar-refractivity contribution in [2.75, 3.05) is 35.7 Å². The number of carbonyl (C=O) groups is 1. The number of carbonyl (C=O) groups excluding carboxylic acids is 1. The third-order valence-corrected chi connectivity index (χ3v) is 4.71. The monoisotopic (exact) mass is 429 g/mol. The molecule has 1 amide bonds. The zero-order valence-corrected chi connectivity index (χ0v) is 16.2. The zero-order chi connectivity index (χ0) is 21.2. The molecule has 3 rings (SSSR count). The average molecular weight is 430 g/mol. The number of hydrogen-bond donors (Lipinski definition) is 2. The first-order valence-electron chi connectivity index (χ1n) is 8.78. The minimum Gasteiger partial charge on any atom is -0.379 e. The molecule has 0 saturated carbocycles. The van der Waals surface area contributed by atoms with Crippen LogP contribution in [0.4, 0.5) is 30.6 Å². The van der Waals surface area contributed by atoms with Crippen molar-refractivity contribution in [3.05, 3.63) is 40.5 Å². The largest absolute Gasteiger partial charge is 0.471 e. The molecule has 2 heterocycles. The Balaban J connectivity index is 1.98. The highest BCUT2D eigenvalue weighted by Gasteiger charge is 2.39. The zero-order valence-electron chi connectivity index (χ0n) is 15.5. The average Bonchev–Trinajstić information content (AvgIpc) is 2.87. The molecule has 3 N–H and O–H groups in total. The second-order valence-corrected chi connectivity index (χ2v) is 6.96. The first-order valence-corrected chi connectivity index (χ1v) is 9.16. The maximum Gasteiger partial charge on any atom is 0.471 e. The molecule has 0 radical (unpaired) electrons. The summed E-state index contributed by atoms with van der Waals surface area (Å²) in [4.78, 5) is 21.6. The van der Waals surface area contributed by atoms with Crippen molar-refractivity contribution in [3.8, 4) is 0 Å². The third-order valence-electron chi connectivity index (χ3n) is 4.36. The maximum absolute atomic E-state index is 12.6. The van der Waals surface area contributed by atoms with Crippen molar-refractivity contribution in [1.29, 1.82) is 0 Å². The van der Waals surface area contributed by atoms with Crippen molar-refractivity contribution in [1.82, 2.24) is 9.97 Å². The Kier molecular flexibility index (Phi) is 6.13. The summed E-state index contributed by atoms with van der Waals surface area (Å²) in [5.41, 5.74) is 6.94. The number of anilines is 3. The van der Waals surface area contributed by atoms with Gasteiger partial charge in [-0.15, -0.1) is 0 Å². The van der Waals surface area contributed by atoms with Crippen LogP contribution in [0.2, 0.25) is 5.02 Å². The molecule has 0 unspecified atom stereocenters. The van der Waals surface area contributed by atoms with Crippen LogP contribution in [0.25, 0.3) is 0 Å². The molecular weight excluding hydrogens is 411 g/mol. The van der Waals surface area contributed by atoms with E-state index >= 15 is 0 Å². The third kappa shape index (κ3) is 5.07. The number of nitrogens with zero attached hydrogens (tertiary/aromatic N) is 3. The first kappa shape index (κ1) is 21.1. The van der Waals surface area contributed by atoms with Gasteiger partial charge in [0.05, 0.1) is 12.6 Å². The minimum atomic E-state index is -4.99. The molecule has 1 aromatic heterocycles. The number of hydrogen-bond acceptors (Lipinski definition) is 6. The van der Waals surface area contributed by atoms with E-state index in [1.165, 1.54) is 18.2 Å². The molecule has 0 bridgehead atoms. The van der Waals surface area contributed by atoms with Gasteiger partial charge < -0.3 is 20.7 Å². The van der Waals surface area contributed by atoms with E-state index in [4.69, 9.17) is 22.1 Å². The van der Waals surface area contributed by atoms with Crippen LogP contribution in [0.3, 0.4) is 0 Å². The van der Waals surface area contributed by atoms with Crippen LogP contribution in [0.5, 0.6) is 0 Å². The molecule has 2 aromatic rings. The second-order valence-electron chi connectivity index (χ2n) is 6.55. The summed E-state index contributed by atoms with van der Waals surface area (Å²) in [6, 6.07) is 5.48. The minimum absolute atomic E-state index is 0.0192. The predicted molar refractivity (Wildman–Crippen MR) is 103 cm³/mol. The molecule has 7 nitrogen and oxygen atoms in total. The van der Waals surface area contributed by atoms with Crippen LogP contribution in [0.1, 0.15) is 23.7 Å². The molecule has 1 aliphatic heterocycles. The summed E-state index contributed by atoms with van der Waals surface area (Å²) in [6.45, 7) is 3.09. The van der Waals surface area contributed by atoms with Gasteiger partial charge in [-0.2, -0.15) is 18.2 Å². The van der Waals surface area contributed by atoms with Crippen molar-refractivity contribution in [2.45, 2.75) is 25.6 Å². The lowest BCUT2D eigenvalue weighted by Gasteiger charge is -2.31. The van der Waals surface area contributed by atoms with Gasteiger partial charge in [0.1, 0.15) is 5.82 Å². The molecule has 11 heteroatoms. The molecule has 0 spiro atoms. The number of rotatable bonds is 3. The van der Waals surface area contributed by atoms with Crippen molar-refractivity contribution >= 4 is 35.0 Å². The molecule has 1 saturated heterocycles. The molecular formula is C18H19ClF3N5O2. The smallest absolute Gasteiger partial charge is 0.379 e. The van der Waals surface area contributed by atoms with Gasteiger partial charge in [-0.05, 0) is 37.1 Å². The number of aromatic nitrogens is 2. The summed E-state index contributed by atoms with van der Waals surface area (Å²) < 4.78 is 43.4. The Bertz CT molecular complexity index is 889. The Morgan fingerprint density at radius 1 is 1.34 bits per heavy atom. The summed E-state index contributed by atoms with van der Waals surface area (Å²) in [7, 11) is 0. The Hall–Kier alpha value is -2.59. The van der Waals surface area contributed by atoms with Gasteiger partial charge in [0.2, 0.25) is 5.95 Å². The highest BCUT2D eigenvalue weighted by molar-refractivity contribution is 6.31. The van der Waals surface area contributed by atoms with Gasteiger partial charge in [0, 0.05) is 35.6 Å². The van der Waals surface area contributed by atoms with Crippen LogP contribution >= 0.6 is 11.6 Å². The molecule has 1 aromatic carbocycles. The van der Waals surface area contributed by atoms with Crippen LogP contribution < -0.4 is 16.0 Å². The predicted octanol–water partition coefficient (Wildman–Crippen LogP) is 3.49. The van der Waals surface area contributed by atoms with E-state index in [1.54, 1.807) is 13.0 Å². The molecule has 0 aliphatic carbocycles. The van der Waals surface area contributed by atoms with Gasteiger partial charge in [-0.3, -0.25) is 4.79 Å². The summed E-state index contributed by atoms with van der Waals surface area (Å²) >= 11 is 6.35. The van der Waals surface area contributed by atoms with Gasteiger partial charge in [0.25, 0.3) is 0 Å². The summed E-state index contributed by atoms with van der Waals surface area (Å²) in [5.74, 6) is -1.38. The molecule has 1 fully saturated rings. The van der Waals surface area contributed by atoms with Crippen LogP contribution in [-0.2, 0) is 9.53 Å². The maximum atomic E-state index is 12.6. The molecule has 1 aliphatic rings. The normalized spacial score (nSPS) is 17.7. The van der Waals surface area contributed by atoms with Crippen LogP contribution in [-0.4, -0.2) is 41.8 Å². The standard InChI is InChI=1S/C18H19ClF3N5O2/c1-10-7-15(26-17(23)24-10)27-5-2-6-29-9-14(27)12-8-11(3-4-13(12)19)25-16(28)18(20,21)22/h3-4,7-8,14H,2,5-6,9H2,1H3,(H,25,28)(H2,23,24,26)/t14-/m1/s1. The second kappa shape index (κ2) is 8.42. The number of aryl methyl sites for hydroxylation is 1.